The largest absolute Gasteiger partial charge is 0.466 e. The molecule has 2 heteroatoms. The van der Waals surface area contributed by atoms with E-state index < -0.39 is 0 Å². The van der Waals surface area contributed by atoms with Crippen molar-refractivity contribution in [3.63, 3.8) is 0 Å². The van der Waals surface area contributed by atoms with Gasteiger partial charge in [-0.05, 0) is 39.3 Å². The van der Waals surface area contributed by atoms with E-state index in [1.807, 2.05) is 6.92 Å². The standard InChI is InChI=1S/C14H23NO/c1-10-8-13(11(2)16-10)14(15-3)9-12-6-4-5-7-12/h8,12,14-15H,4-7,9H2,1-3H3. The topological polar surface area (TPSA) is 25.2 Å². The quantitative estimate of drug-likeness (QED) is 0.838. The van der Waals surface area contributed by atoms with Crippen LogP contribution in [0.1, 0.15) is 55.2 Å². The van der Waals surface area contributed by atoms with Crippen LogP contribution in [0.2, 0.25) is 0 Å². The highest BCUT2D eigenvalue weighted by Crippen LogP contribution is 2.34. The van der Waals surface area contributed by atoms with Gasteiger partial charge in [0.2, 0.25) is 0 Å². The highest BCUT2D eigenvalue weighted by atomic mass is 16.3. The molecule has 90 valence electrons. The van der Waals surface area contributed by atoms with E-state index in [4.69, 9.17) is 4.42 Å². The zero-order valence-electron chi connectivity index (χ0n) is 10.7. The Labute approximate surface area is 98.4 Å². The summed E-state index contributed by atoms with van der Waals surface area (Å²) in [6.45, 7) is 4.10. The zero-order chi connectivity index (χ0) is 11.5. The van der Waals surface area contributed by atoms with Gasteiger partial charge in [0.25, 0.3) is 0 Å². The van der Waals surface area contributed by atoms with E-state index >= 15 is 0 Å². The molecule has 1 aromatic rings. The van der Waals surface area contributed by atoms with Gasteiger partial charge in [-0.25, -0.2) is 0 Å². The first kappa shape index (κ1) is 11.7. The predicted molar refractivity (Wildman–Crippen MR) is 66.6 cm³/mol. The van der Waals surface area contributed by atoms with Crippen LogP contribution < -0.4 is 5.32 Å². The molecule has 1 aliphatic carbocycles. The fraction of sp³-hybridized carbons (Fsp3) is 0.714. The lowest BCUT2D eigenvalue weighted by Crippen LogP contribution is -2.19. The second-order valence-corrected chi connectivity index (χ2v) is 5.10. The van der Waals surface area contributed by atoms with Crippen molar-refractivity contribution in [1.29, 1.82) is 0 Å². The van der Waals surface area contributed by atoms with Crippen LogP contribution in [0, 0.1) is 19.8 Å². The van der Waals surface area contributed by atoms with E-state index in [0.717, 1.165) is 17.4 Å². The van der Waals surface area contributed by atoms with Gasteiger partial charge in [-0.1, -0.05) is 25.7 Å². The molecule has 1 saturated carbocycles. The molecule has 1 aliphatic rings. The van der Waals surface area contributed by atoms with Gasteiger partial charge in [-0.15, -0.1) is 0 Å². The van der Waals surface area contributed by atoms with Crippen molar-refractivity contribution in [3.05, 3.63) is 23.2 Å². The summed E-state index contributed by atoms with van der Waals surface area (Å²) in [5.74, 6) is 3.01. The Morgan fingerprint density at radius 3 is 2.56 bits per heavy atom. The minimum Gasteiger partial charge on any atom is -0.466 e. The molecule has 1 aromatic heterocycles. The average molecular weight is 221 g/mol. The van der Waals surface area contributed by atoms with Crippen LogP contribution in [-0.4, -0.2) is 7.05 Å². The van der Waals surface area contributed by atoms with Crippen LogP contribution in [0.5, 0.6) is 0 Å². The van der Waals surface area contributed by atoms with Crippen LogP contribution in [0.4, 0.5) is 0 Å². The van der Waals surface area contributed by atoms with Gasteiger partial charge in [0.05, 0.1) is 0 Å². The van der Waals surface area contributed by atoms with E-state index in [1.54, 1.807) is 0 Å². The summed E-state index contributed by atoms with van der Waals surface area (Å²) in [7, 11) is 2.06. The number of nitrogens with one attached hydrogen (secondary N) is 1. The smallest absolute Gasteiger partial charge is 0.105 e. The summed E-state index contributed by atoms with van der Waals surface area (Å²) in [5.41, 5.74) is 1.35. The van der Waals surface area contributed by atoms with Crippen molar-refractivity contribution in [1.82, 2.24) is 5.32 Å². The van der Waals surface area contributed by atoms with E-state index in [0.29, 0.717) is 6.04 Å². The first-order valence-corrected chi connectivity index (χ1v) is 6.45. The molecule has 0 saturated heterocycles. The first-order valence-electron chi connectivity index (χ1n) is 6.45. The van der Waals surface area contributed by atoms with Crippen LogP contribution in [-0.2, 0) is 0 Å². The number of rotatable bonds is 4. The summed E-state index contributed by atoms with van der Waals surface area (Å²) in [4.78, 5) is 0. The average Bonchev–Trinajstić information content (AvgIpc) is 2.85. The fourth-order valence-corrected chi connectivity index (χ4v) is 2.98. The molecule has 16 heavy (non-hydrogen) atoms. The molecule has 0 radical (unpaired) electrons. The minimum atomic E-state index is 0.473. The monoisotopic (exact) mass is 221 g/mol. The van der Waals surface area contributed by atoms with Crippen LogP contribution in [0.3, 0.4) is 0 Å². The zero-order valence-corrected chi connectivity index (χ0v) is 10.7. The van der Waals surface area contributed by atoms with Gasteiger partial charge in [0.15, 0.2) is 0 Å². The lowest BCUT2D eigenvalue weighted by atomic mass is 9.94. The van der Waals surface area contributed by atoms with Crippen molar-refractivity contribution in [3.8, 4) is 0 Å². The first-order chi connectivity index (χ1) is 7.70. The Hall–Kier alpha value is -0.760. The van der Waals surface area contributed by atoms with Crippen molar-refractivity contribution < 1.29 is 4.42 Å². The van der Waals surface area contributed by atoms with Gasteiger partial charge in [0, 0.05) is 11.6 Å². The highest BCUT2D eigenvalue weighted by molar-refractivity contribution is 5.24. The van der Waals surface area contributed by atoms with Gasteiger partial charge in [0.1, 0.15) is 11.5 Å². The molecular formula is C14H23NO. The van der Waals surface area contributed by atoms with Gasteiger partial charge in [-0.2, -0.15) is 0 Å². The molecule has 1 fully saturated rings. The molecule has 2 nitrogen and oxygen atoms in total. The maximum atomic E-state index is 5.62. The minimum absolute atomic E-state index is 0.473. The van der Waals surface area contributed by atoms with E-state index in [9.17, 15) is 0 Å². The highest BCUT2D eigenvalue weighted by Gasteiger charge is 2.22. The van der Waals surface area contributed by atoms with Crippen molar-refractivity contribution in [2.45, 2.75) is 52.0 Å². The molecule has 0 amide bonds. The van der Waals surface area contributed by atoms with Gasteiger partial charge < -0.3 is 9.73 Å². The molecule has 1 unspecified atom stereocenters. The predicted octanol–water partition coefficient (Wildman–Crippen LogP) is 3.74. The number of aryl methyl sites for hydroxylation is 2. The molecule has 0 bridgehead atoms. The third kappa shape index (κ3) is 2.49. The summed E-state index contributed by atoms with van der Waals surface area (Å²) in [6, 6.07) is 2.66. The molecule has 1 N–H and O–H groups in total. The Bertz CT molecular complexity index is 337. The molecule has 0 aromatic carbocycles. The van der Waals surface area contributed by atoms with Crippen molar-refractivity contribution in [2.24, 2.45) is 5.92 Å². The SMILES string of the molecule is CNC(CC1CCCC1)c1cc(C)oc1C. The molecular weight excluding hydrogens is 198 g/mol. The van der Waals surface area contributed by atoms with Gasteiger partial charge in [-0.3, -0.25) is 0 Å². The fourth-order valence-electron chi connectivity index (χ4n) is 2.98. The maximum Gasteiger partial charge on any atom is 0.105 e. The van der Waals surface area contributed by atoms with Crippen LogP contribution in [0.25, 0.3) is 0 Å². The molecule has 1 atom stereocenters. The summed E-state index contributed by atoms with van der Waals surface area (Å²) >= 11 is 0. The van der Waals surface area contributed by atoms with E-state index in [-0.39, 0.29) is 0 Å². The Balaban J connectivity index is 2.06. The Morgan fingerprint density at radius 1 is 1.38 bits per heavy atom. The molecule has 2 rings (SSSR count). The number of hydrogen-bond acceptors (Lipinski definition) is 2. The Morgan fingerprint density at radius 2 is 2.06 bits per heavy atom. The lowest BCUT2D eigenvalue weighted by molar-refractivity contribution is 0.406. The normalized spacial score (nSPS) is 19.2. The Kier molecular flexibility index (Phi) is 3.70. The third-order valence-corrected chi connectivity index (χ3v) is 3.85. The molecule has 1 heterocycles. The third-order valence-electron chi connectivity index (χ3n) is 3.85. The summed E-state index contributed by atoms with van der Waals surface area (Å²) in [6.07, 6.45) is 6.92. The second-order valence-electron chi connectivity index (χ2n) is 5.10. The molecule has 0 aliphatic heterocycles. The molecule has 0 spiro atoms. The number of furan rings is 1. The number of hydrogen-bond donors (Lipinski definition) is 1. The van der Waals surface area contributed by atoms with Crippen molar-refractivity contribution in [2.75, 3.05) is 7.05 Å². The van der Waals surface area contributed by atoms with Crippen LogP contribution >= 0.6 is 0 Å². The summed E-state index contributed by atoms with van der Waals surface area (Å²) in [5, 5.41) is 3.44. The van der Waals surface area contributed by atoms with E-state index in [1.165, 1.54) is 37.7 Å². The van der Waals surface area contributed by atoms with E-state index in [2.05, 4.69) is 25.4 Å². The van der Waals surface area contributed by atoms with Gasteiger partial charge >= 0.3 is 0 Å². The van der Waals surface area contributed by atoms with Crippen molar-refractivity contribution >= 4 is 0 Å². The summed E-state index contributed by atoms with van der Waals surface area (Å²) < 4.78 is 5.62. The second kappa shape index (κ2) is 5.05. The maximum absolute atomic E-state index is 5.62. The lowest BCUT2D eigenvalue weighted by Gasteiger charge is -2.19. The van der Waals surface area contributed by atoms with Crippen LogP contribution in [0.15, 0.2) is 10.5 Å².